The first-order valence-electron chi connectivity index (χ1n) is 10.2. The maximum absolute atomic E-state index is 12.4. The van der Waals surface area contributed by atoms with Crippen molar-refractivity contribution in [2.45, 2.75) is 37.5 Å². The van der Waals surface area contributed by atoms with Crippen LogP contribution >= 0.6 is 12.2 Å². The highest BCUT2D eigenvalue weighted by Gasteiger charge is 2.14. The molecule has 10 heteroatoms. The number of anilines is 1. The van der Waals surface area contributed by atoms with E-state index in [2.05, 4.69) is 15.4 Å². The molecule has 2 aromatic rings. The molecule has 2 rings (SSSR count). The minimum atomic E-state index is -3.64. The van der Waals surface area contributed by atoms with E-state index in [1.54, 1.807) is 12.1 Å². The molecule has 3 N–H and O–H groups in total. The quantitative estimate of drug-likeness (QED) is 0.337. The summed E-state index contributed by atoms with van der Waals surface area (Å²) in [6, 6.07) is 15.6. The number of amides is 1. The Hall–Kier alpha value is -2.82. The lowest BCUT2D eigenvalue weighted by Crippen LogP contribution is -2.34. The topological polar surface area (TPSA) is 114 Å². The van der Waals surface area contributed by atoms with Crippen molar-refractivity contribution in [3.05, 3.63) is 60.2 Å². The Kier molecular flexibility index (Phi) is 10.3. The third-order valence-corrected chi connectivity index (χ3v) is 5.93. The first kappa shape index (κ1) is 25.4. The van der Waals surface area contributed by atoms with Crippen molar-refractivity contribution in [3.8, 4) is 0 Å². The molecule has 0 radical (unpaired) electrons. The van der Waals surface area contributed by atoms with Crippen LogP contribution < -0.4 is 15.4 Å². The average molecular weight is 478 g/mol. The Balaban J connectivity index is 1.79. The molecule has 1 amide bonds. The normalized spacial score (nSPS) is 10.9. The van der Waals surface area contributed by atoms with Gasteiger partial charge < -0.3 is 15.4 Å². The second-order valence-electron chi connectivity index (χ2n) is 6.88. The largest absolute Gasteiger partial charge is 0.466 e. The summed E-state index contributed by atoms with van der Waals surface area (Å²) < 4.78 is 32.4. The molecule has 0 saturated heterocycles. The third kappa shape index (κ3) is 9.13. The van der Waals surface area contributed by atoms with Crippen LogP contribution in [0.15, 0.2) is 59.5 Å². The number of carbonyl (C=O) groups is 2. The number of nitrogens with one attached hydrogen (secondary N) is 3. The summed E-state index contributed by atoms with van der Waals surface area (Å²) in [5.74, 6) is -0.854. The van der Waals surface area contributed by atoms with Gasteiger partial charge in [-0.3, -0.25) is 9.59 Å². The van der Waals surface area contributed by atoms with Gasteiger partial charge in [-0.2, -0.15) is 0 Å². The predicted molar refractivity (Wildman–Crippen MR) is 127 cm³/mol. The summed E-state index contributed by atoms with van der Waals surface area (Å²) >= 11 is 5.08. The molecular weight excluding hydrogens is 450 g/mol. The van der Waals surface area contributed by atoms with Crippen LogP contribution in [-0.2, 0) is 30.8 Å². The second-order valence-corrected chi connectivity index (χ2v) is 9.06. The zero-order chi connectivity index (χ0) is 23.4. The SMILES string of the molecule is CCCOC(=O)CCC(=O)NC(=S)Nc1ccc(S(=O)(=O)NCCc2ccccc2)cc1. The molecule has 32 heavy (non-hydrogen) atoms. The molecule has 8 nitrogen and oxygen atoms in total. The van der Waals surface area contributed by atoms with Gasteiger partial charge in [0.05, 0.1) is 17.9 Å². The Morgan fingerprint density at radius 1 is 1.00 bits per heavy atom. The fourth-order valence-electron chi connectivity index (χ4n) is 2.63. The fourth-order valence-corrected chi connectivity index (χ4v) is 3.89. The van der Waals surface area contributed by atoms with Crippen LogP contribution in [0.2, 0.25) is 0 Å². The molecule has 0 saturated carbocycles. The molecule has 0 aromatic heterocycles. The summed E-state index contributed by atoms with van der Waals surface area (Å²) in [7, 11) is -3.64. The minimum Gasteiger partial charge on any atom is -0.466 e. The fraction of sp³-hybridized carbons (Fsp3) is 0.318. The molecule has 2 aromatic carbocycles. The van der Waals surface area contributed by atoms with Crippen LogP contribution in [0.3, 0.4) is 0 Å². The average Bonchev–Trinajstić information content (AvgIpc) is 2.77. The van der Waals surface area contributed by atoms with Crippen molar-refractivity contribution in [3.63, 3.8) is 0 Å². The maximum atomic E-state index is 12.4. The highest BCUT2D eigenvalue weighted by atomic mass is 32.2. The summed E-state index contributed by atoms with van der Waals surface area (Å²) in [5, 5.41) is 5.33. The van der Waals surface area contributed by atoms with Gasteiger partial charge in [0.2, 0.25) is 15.9 Å². The van der Waals surface area contributed by atoms with Crippen molar-refractivity contribution in [2.24, 2.45) is 0 Å². The number of sulfonamides is 1. The van der Waals surface area contributed by atoms with E-state index in [0.29, 0.717) is 18.7 Å². The Labute approximate surface area is 193 Å². The number of hydrogen-bond acceptors (Lipinski definition) is 6. The molecule has 0 fully saturated rings. The molecule has 0 spiro atoms. The molecule has 0 heterocycles. The van der Waals surface area contributed by atoms with Crippen LogP contribution in [0.1, 0.15) is 31.7 Å². The second kappa shape index (κ2) is 12.9. The van der Waals surface area contributed by atoms with Gasteiger partial charge in [0.1, 0.15) is 0 Å². The lowest BCUT2D eigenvalue weighted by Gasteiger charge is -2.11. The summed E-state index contributed by atoms with van der Waals surface area (Å²) in [4.78, 5) is 23.4. The number of ether oxygens (including phenoxy) is 1. The molecule has 0 bridgehead atoms. The van der Waals surface area contributed by atoms with Gasteiger partial charge in [0.15, 0.2) is 5.11 Å². The molecule has 0 unspecified atom stereocenters. The van der Waals surface area contributed by atoms with Crippen LogP contribution in [0, 0.1) is 0 Å². The van der Waals surface area contributed by atoms with E-state index >= 15 is 0 Å². The third-order valence-electron chi connectivity index (χ3n) is 4.25. The lowest BCUT2D eigenvalue weighted by molar-refractivity contribution is -0.144. The Morgan fingerprint density at radius 3 is 2.34 bits per heavy atom. The van der Waals surface area contributed by atoms with Crippen molar-refractivity contribution in [1.29, 1.82) is 0 Å². The molecule has 172 valence electrons. The van der Waals surface area contributed by atoms with E-state index in [1.807, 2.05) is 37.3 Å². The van der Waals surface area contributed by atoms with E-state index in [4.69, 9.17) is 17.0 Å². The van der Waals surface area contributed by atoms with Crippen molar-refractivity contribution < 1.29 is 22.7 Å². The lowest BCUT2D eigenvalue weighted by atomic mass is 10.2. The van der Waals surface area contributed by atoms with Crippen molar-refractivity contribution in [1.82, 2.24) is 10.0 Å². The van der Waals surface area contributed by atoms with Gasteiger partial charge in [-0.15, -0.1) is 0 Å². The van der Waals surface area contributed by atoms with Crippen LogP contribution in [0.25, 0.3) is 0 Å². The monoisotopic (exact) mass is 477 g/mol. The zero-order valence-electron chi connectivity index (χ0n) is 17.8. The standard InChI is InChI=1S/C22H27N3O5S2/c1-2-16-30-21(27)13-12-20(26)25-22(31)24-18-8-10-19(11-9-18)32(28,29)23-15-14-17-6-4-3-5-7-17/h3-11,23H,2,12-16H2,1H3,(H2,24,25,26,31). The molecule has 0 atom stereocenters. The molecular formula is C22H27N3O5S2. The number of benzene rings is 2. The van der Waals surface area contributed by atoms with Gasteiger partial charge in [-0.25, -0.2) is 13.1 Å². The smallest absolute Gasteiger partial charge is 0.306 e. The van der Waals surface area contributed by atoms with E-state index in [9.17, 15) is 18.0 Å². The van der Waals surface area contributed by atoms with E-state index in [0.717, 1.165) is 12.0 Å². The molecule has 0 aliphatic heterocycles. The highest BCUT2D eigenvalue weighted by Crippen LogP contribution is 2.14. The van der Waals surface area contributed by atoms with Gasteiger partial charge in [0.25, 0.3) is 0 Å². The highest BCUT2D eigenvalue weighted by molar-refractivity contribution is 7.89. The predicted octanol–water partition coefficient (Wildman–Crippen LogP) is 2.75. The van der Waals surface area contributed by atoms with Crippen LogP contribution in [0.5, 0.6) is 0 Å². The van der Waals surface area contributed by atoms with Crippen LogP contribution in [-0.4, -0.2) is 38.6 Å². The molecule has 0 aliphatic carbocycles. The van der Waals surface area contributed by atoms with Crippen molar-refractivity contribution in [2.75, 3.05) is 18.5 Å². The van der Waals surface area contributed by atoms with E-state index in [-0.39, 0.29) is 29.4 Å². The minimum absolute atomic E-state index is 0.0295. The van der Waals surface area contributed by atoms with Gasteiger partial charge in [-0.1, -0.05) is 37.3 Å². The first-order valence-corrected chi connectivity index (χ1v) is 12.1. The first-order chi connectivity index (χ1) is 15.3. The number of esters is 1. The van der Waals surface area contributed by atoms with Crippen molar-refractivity contribution >= 4 is 44.9 Å². The van der Waals surface area contributed by atoms with Gasteiger partial charge in [0, 0.05) is 18.7 Å². The van der Waals surface area contributed by atoms with E-state index in [1.165, 1.54) is 12.1 Å². The summed E-state index contributed by atoms with van der Waals surface area (Å²) in [5.41, 5.74) is 1.56. The Bertz CT molecular complexity index is 1010. The van der Waals surface area contributed by atoms with E-state index < -0.39 is 21.9 Å². The summed E-state index contributed by atoms with van der Waals surface area (Å²) in [6.07, 6.45) is 1.23. The van der Waals surface area contributed by atoms with Crippen LogP contribution in [0.4, 0.5) is 5.69 Å². The molecule has 0 aliphatic rings. The van der Waals surface area contributed by atoms with Gasteiger partial charge in [-0.05, 0) is 54.9 Å². The number of carbonyl (C=O) groups excluding carboxylic acids is 2. The van der Waals surface area contributed by atoms with Gasteiger partial charge >= 0.3 is 5.97 Å². The number of thiocarbonyl (C=S) groups is 1. The number of hydrogen-bond donors (Lipinski definition) is 3. The summed E-state index contributed by atoms with van der Waals surface area (Å²) in [6.45, 7) is 2.50. The number of rotatable bonds is 11. The Morgan fingerprint density at radius 2 is 1.69 bits per heavy atom. The maximum Gasteiger partial charge on any atom is 0.306 e. The zero-order valence-corrected chi connectivity index (χ0v) is 19.4.